The Morgan fingerprint density at radius 3 is 2.43 bits per heavy atom. The minimum Gasteiger partial charge on any atom is -0.356 e. The van der Waals surface area contributed by atoms with E-state index in [1.165, 1.54) is 4.90 Å². The molecule has 1 aliphatic heterocycles. The van der Waals surface area contributed by atoms with Gasteiger partial charge in [-0.05, 0) is 24.7 Å². The standard InChI is InChI=1S/C15H29F3N4.HI/c1-14(2,3)7-5-8-20-13(19-4)21-12-6-9-22(10-12)11-15(16,17)18;/h12H,5-11H2,1-4H3,(H2,19,20,21);1H. The van der Waals surface area contributed by atoms with Crippen LogP contribution in [0.4, 0.5) is 13.2 Å². The molecule has 1 fully saturated rings. The van der Waals surface area contributed by atoms with Gasteiger partial charge >= 0.3 is 6.18 Å². The van der Waals surface area contributed by atoms with Gasteiger partial charge in [-0.15, -0.1) is 24.0 Å². The lowest BCUT2D eigenvalue weighted by atomic mass is 9.91. The van der Waals surface area contributed by atoms with Gasteiger partial charge in [0.1, 0.15) is 0 Å². The summed E-state index contributed by atoms with van der Waals surface area (Å²) in [5, 5.41) is 6.44. The van der Waals surface area contributed by atoms with E-state index in [0.717, 1.165) is 19.4 Å². The highest BCUT2D eigenvalue weighted by molar-refractivity contribution is 14.0. The summed E-state index contributed by atoms with van der Waals surface area (Å²) >= 11 is 0. The highest BCUT2D eigenvalue weighted by atomic mass is 127. The zero-order valence-electron chi connectivity index (χ0n) is 14.5. The fourth-order valence-corrected chi connectivity index (χ4v) is 2.56. The Hall–Kier alpha value is -0.250. The molecule has 8 heteroatoms. The first-order valence-corrected chi connectivity index (χ1v) is 7.85. The van der Waals surface area contributed by atoms with E-state index in [1.54, 1.807) is 7.05 Å². The molecule has 0 aromatic heterocycles. The molecule has 0 aliphatic carbocycles. The number of nitrogens with one attached hydrogen (secondary N) is 2. The van der Waals surface area contributed by atoms with Crippen molar-refractivity contribution in [2.45, 2.75) is 52.3 Å². The van der Waals surface area contributed by atoms with Gasteiger partial charge in [-0.2, -0.15) is 13.2 Å². The molecule has 1 saturated heterocycles. The summed E-state index contributed by atoms with van der Waals surface area (Å²) in [6.07, 6.45) is -1.27. The number of likely N-dealkylation sites (tertiary alicyclic amines) is 1. The second-order valence-corrected chi connectivity index (χ2v) is 7.14. The van der Waals surface area contributed by atoms with E-state index in [9.17, 15) is 13.2 Å². The minimum absolute atomic E-state index is 0. The Labute approximate surface area is 154 Å². The molecular weight excluding hydrogens is 420 g/mol. The maximum absolute atomic E-state index is 12.4. The van der Waals surface area contributed by atoms with Gasteiger partial charge in [0.25, 0.3) is 0 Å². The molecule has 0 aromatic rings. The van der Waals surface area contributed by atoms with E-state index in [1.807, 2.05) is 0 Å². The lowest BCUT2D eigenvalue weighted by molar-refractivity contribution is -0.143. The molecule has 0 bridgehead atoms. The molecule has 4 nitrogen and oxygen atoms in total. The Morgan fingerprint density at radius 1 is 1.26 bits per heavy atom. The summed E-state index contributed by atoms with van der Waals surface area (Å²) in [5.41, 5.74) is 0.308. The van der Waals surface area contributed by atoms with E-state index in [4.69, 9.17) is 0 Å². The van der Waals surface area contributed by atoms with E-state index in [2.05, 4.69) is 36.4 Å². The smallest absolute Gasteiger partial charge is 0.356 e. The van der Waals surface area contributed by atoms with Crippen LogP contribution in [0.2, 0.25) is 0 Å². The van der Waals surface area contributed by atoms with Crippen LogP contribution in [0.15, 0.2) is 4.99 Å². The van der Waals surface area contributed by atoms with Crippen LogP contribution in [-0.2, 0) is 0 Å². The first-order valence-electron chi connectivity index (χ1n) is 7.85. The summed E-state index contributed by atoms with van der Waals surface area (Å²) in [6.45, 7) is 7.47. The summed E-state index contributed by atoms with van der Waals surface area (Å²) < 4.78 is 37.1. The SMILES string of the molecule is CN=C(NCCCC(C)(C)C)NC1CCN(CC(F)(F)F)C1.I. The van der Waals surface area contributed by atoms with Gasteiger partial charge in [-0.25, -0.2) is 0 Å². The van der Waals surface area contributed by atoms with Crippen LogP contribution < -0.4 is 10.6 Å². The van der Waals surface area contributed by atoms with Crippen LogP contribution >= 0.6 is 24.0 Å². The molecule has 0 amide bonds. The van der Waals surface area contributed by atoms with Crippen molar-refractivity contribution < 1.29 is 13.2 Å². The monoisotopic (exact) mass is 450 g/mol. The molecule has 23 heavy (non-hydrogen) atoms. The zero-order valence-corrected chi connectivity index (χ0v) is 16.8. The lowest BCUT2D eigenvalue weighted by Gasteiger charge is -2.21. The largest absolute Gasteiger partial charge is 0.401 e. The molecule has 138 valence electrons. The van der Waals surface area contributed by atoms with E-state index >= 15 is 0 Å². The summed E-state index contributed by atoms with van der Waals surface area (Å²) in [7, 11) is 1.68. The Morgan fingerprint density at radius 2 is 1.91 bits per heavy atom. The zero-order chi connectivity index (χ0) is 16.8. The summed E-state index contributed by atoms with van der Waals surface area (Å²) in [6, 6.07) is 0.0242. The molecular formula is C15H30F3IN4. The van der Waals surface area contributed by atoms with Crippen LogP contribution in [0.5, 0.6) is 0 Å². The normalized spacial score (nSPS) is 20.3. The number of hydrogen-bond donors (Lipinski definition) is 2. The number of nitrogens with zero attached hydrogens (tertiary/aromatic N) is 2. The first kappa shape index (κ1) is 22.8. The molecule has 1 atom stereocenters. The molecule has 1 heterocycles. The third kappa shape index (κ3) is 11.0. The number of hydrogen-bond acceptors (Lipinski definition) is 2. The molecule has 1 unspecified atom stereocenters. The van der Waals surface area contributed by atoms with Crippen molar-refractivity contribution in [1.82, 2.24) is 15.5 Å². The van der Waals surface area contributed by atoms with E-state index < -0.39 is 12.7 Å². The van der Waals surface area contributed by atoms with Gasteiger partial charge in [-0.1, -0.05) is 20.8 Å². The number of guanidine groups is 1. The minimum atomic E-state index is -4.12. The Balaban J connectivity index is 0.00000484. The highest BCUT2D eigenvalue weighted by Crippen LogP contribution is 2.20. The summed E-state index contributed by atoms with van der Waals surface area (Å²) in [5.74, 6) is 0.674. The second kappa shape index (κ2) is 9.90. The van der Waals surface area contributed by atoms with E-state index in [0.29, 0.717) is 30.9 Å². The van der Waals surface area contributed by atoms with Gasteiger partial charge in [0.15, 0.2) is 5.96 Å². The molecule has 2 N–H and O–H groups in total. The van der Waals surface area contributed by atoms with Crippen LogP contribution in [0.1, 0.15) is 40.0 Å². The highest BCUT2D eigenvalue weighted by Gasteiger charge is 2.34. The van der Waals surface area contributed by atoms with Crippen LogP contribution in [-0.4, -0.2) is 56.3 Å². The predicted molar refractivity (Wildman–Crippen MR) is 99.5 cm³/mol. The fraction of sp³-hybridized carbons (Fsp3) is 0.933. The van der Waals surface area contributed by atoms with Gasteiger partial charge in [0.2, 0.25) is 0 Å². The second-order valence-electron chi connectivity index (χ2n) is 7.14. The summed E-state index contributed by atoms with van der Waals surface area (Å²) in [4.78, 5) is 5.57. The van der Waals surface area contributed by atoms with Gasteiger partial charge < -0.3 is 10.6 Å². The molecule has 0 saturated carbocycles. The maximum Gasteiger partial charge on any atom is 0.401 e. The maximum atomic E-state index is 12.4. The van der Waals surface area contributed by atoms with Gasteiger partial charge in [0, 0.05) is 32.7 Å². The third-order valence-electron chi connectivity index (χ3n) is 3.64. The van der Waals surface area contributed by atoms with Crippen molar-refractivity contribution >= 4 is 29.9 Å². The van der Waals surface area contributed by atoms with Crippen molar-refractivity contribution in [2.24, 2.45) is 10.4 Å². The predicted octanol–water partition coefficient (Wildman–Crippen LogP) is 3.23. The molecule has 1 aliphatic rings. The topological polar surface area (TPSA) is 39.7 Å². The number of aliphatic imine (C=N–C) groups is 1. The van der Waals surface area contributed by atoms with Crippen LogP contribution in [0.3, 0.4) is 0 Å². The average molecular weight is 450 g/mol. The molecule has 0 radical (unpaired) electrons. The van der Waals surface area contributed by atoms with Gasteiger partial charge in [0.05, 0.1) is 6.54 Å². The number of rotatable bonds is 5. The number of halogens is 4. The Kier molecular flexibility index (Phi) is 9.80. The molecule has 0 spiro atoms. The Bertz CT molecular complexity index is 367. The average Bonchev–Trinajstić information content (AvgIpc) is 2.76. The quantitative estimate of drug-likeness (QED) is 0.293. The fourth-order valence-electron chi connectivity index (χ4n) is 2.56. The third-order valence-corrected chi connectivity index (χ3v) is 3.64. The van der Waals surface area contributed by atoms with Gasteiger partial charge in [-0.3, -0.25) is 9.89 Å². The van der Waals surface area contributed by atoms with Crippen molar-refractivity contribution in [3.05, 3.63) is 0 Å². The van der Waals surface area contributed by atoms with Crippen LogP contribution in [0, 0.1) is 5.41 Å². The van der Waals surface area contributed by atoms with Crippen molar-refractivity contribution in [3.8, 4) is 0 Å². The van der Waals surface area contributed by atoms with Crippen LogP contribution in [0.25, 0.3) is 0 Å². The van der Waals surface area contributed by atoms with Crippen molar-refractivity contribution in [1.29, 1.82) is 0 Å². The lowest BCUT2D eigenvalue weighted by Crippen LogP contribution is -2.45. The molecule has 0 aromatic carbocycles. The first-order chi connectivity index (χ1) is 10.1. The van der Waals surface area contributed by atoms with Crippen molar-refractivity contribution in [2.75, 3.05) is 33.2 Å². The molecule has 1 rings (SSSR count). The van der Waals surface area contributed by atoms with Crippen molar-refractivity contribution in [3.63, 3.8) is 0 Å². The number of alkyl halides is 3. The van der Waals surface area contributed by atoms with E-state index in [-0.39, 0.29) is 30.0 Å².